The van der Waals surface area contributed by atoms with Gasteiger partial charge in [-0.2, -0.15) is 13.2 Å². The number of amides is 1. The third-order valence-electron chi connectivity index (χ3n) is 5.39. The summed E-state index contributed by atoms with van der Waals surface area (Å²) < 4.78 is 44.3. The zero-order valence-corrected chi connectivity index (χ0v) is 18.1. The van der Waals surface area contributed by atoms with Crippen LogP contribution in [-0.4, -0.2) is 71.8 Å². The maximum absolute atomic E-state index is 15.1. The van der Waals surface area contributed by atoms with Gasteiger partial charge in [-0.05, 0) is 30.7 Å². The van der Waals surface area contributed by atoms with Gasteiger partial charge in [0, 0.05) is 32.6 Å². The number of carbonyl (C=O) groups excluding carboxylic acids is 1. The average Bonchev–Trinajstić information content (AvgIpc) is 2.73. The number of alkyl halides is 2. The van der Waals surface area contributed by atoms with Crippen molar-refractivity contribution in [1.82, 2.24) is 14.9 Å². The number of halogens is 3. The van der Waals surface area contributed by atoms with Gasteiger partial charge in [0.05, 0.1) is 12.6 Å². The second-order valence-corrected chi connectivity index (χ2v) is 7.94. The number of piperidine rings is 1. The number of nitrogens with zero attached hydrogens (tertiary/aromatic N) is 4. The minimum absolute atomic E-state index is 0.00611. The normalized spacial score (nSPS) is 18.8. The molecule has 0 unspecified atom stereocenters. The first-order valence-electron chi connectivity index (χ1n) is 10.4. The molecule has 0 bridgehead atoms. The maximum atomic E-state index is 15.1. The van der Waals surface area contributed by atoms with E-state index in [1.807, 2.05) is 0 Å². The van der Waals surface area contributed by atoms with Crippen LogP contribution in [0, 0.1) is 11.7 Å². The van der Waals surface area contributed by atoms with Crippen LogP contribution in [0.1, 0.15) is 12.0 Å². The molecule has 9 nitrogen and oxygen atoms in total. The standard InChI is InChI=1S/C21H27F3N6O3/c1-29(9-13-3-2-4-15(7-13)33-21(23)24)20-18(22)19(27-12-28-20)26-8-14-5-6-30(10-16(14)31)11-17(25)32/h2-4,7,12,14,16,21,31H,5-6,8-11H2,1H3,(H2,25,32)(H,26,27,28)/t14-,16+/m0/s1. The van der Waals surface area contributed by atoms with Crippen LogP contribution in [0.15, 0.2) is 30.6 Å². The van der Waals surface area contributed by atoms with Gasteiger partial charge in [-0.1, -0.05) is 12.1 Å². The number of nitrogens with one attached hydrogen (secondary N) is 1. The molecule has 1 aromatic carbocycles. The monoisotopic (exact) mass is 468 g/mol. The van der Waals surface area contributed by atoms with E-state index in [9.17, 15) is 18.7 Å². The van der Waals surface area contributed by atoms with Crippen molar-refractivity contribution in [3.8, 4) is 5.75 Å². The van der Waals surface area contributed by atoms with E-state index in [1.54, 1.807) is 24.1 Å². The molecule has 0 spiro atoms. The summed E-state index contributed by atoms with van der Waals surface area (Å²) >= 11 is 0. The number of nitrogens with two attached hydrogens (primary N) is 1. The van der Waals surface area contributed by atoms with E-state index < -0.39 is 24.4 Å². The number of ether oxygens (including phenoxy) is 1. The Bertz CT molecular complexity index is 951. The number of β-amino-alcohol motifs (C(OH)–C–C–N with tert-alkyl or cyclic N) is 1. The van der Waals surface area contributed by atoms with Crippen molar-refractivity contribution in [1.29, 1.82) is 0 Å². The molecule has 1 aliphatic rings. The Kier molecular flexibility index (Phi) is 8.28. The van der Waals surface area contributed by atoms with Gasteiger partial charge in [-0.15, -0.1) is 0 Å². The molecule has 1 amide bonds. The Labute approximate surface area is 189 Å². The molecular weight excluding hydrogens is 441 g/mol. The first kappa shape index (κ1) is 24.5. The van der Waals surface area contributed by atoms with Crippen molar-refractivity contribution in [3.63, 3.8) is 0 Å². The number of likely N-dealkylation sites (tertiary alicyclic amines) is 1. The van der Waals surface area contributed by atoms with Crippen LogP contribution in [0.5, 0.6) is 5.75 Å². The molecule has 3 rings (SSSR count). The van der Waals surface area contributed by atoms with E-state index in [1.165, 1.54) is 23.4 Å². The molecule has 0 saturated carbocycles. The van der Waals surface area contributed by atoms with E-state index in [2.05, 4.69) is 20.0 Å². The molecule has 1 saturated heterocycles. The molecule has 1 aromatic heterocycles. The van der Waals surface area contributed by atoms with Gasteiger partial charge >= 0.3 is 6.61 Å². The first-order valence-corrected chi connectivity index (χ1v) is 10.4. The molecule has 1 aliphatic heterocycles. The lowest BCUT2D eigenvalue weighted by Crippen LogP contribution is -2.48. The van der Waals surface area contributed by atoms with Gasteiger partial charge in [0.25, 0.3) is 0 Å². The van der Waals surface area contributed by atoms with Crippen molar-refractivity contribution in [2.75, 3.05) is 43.4 Å². The van der Waals surface area contributed by atoms with Gasteiger partial charge < -0.3 is 25.8 Å². The van der Waals surface area contributed by atoms with Crippen molar-refractivity contribution in [2.24, 2.45) is 11.7 Å². The molecule has 0 aliphatic carbocycles. The molecule has 2 heterocycles. The molecule has 4 N–H and O–H groups in total. The van der Waals surface area contributed by atoms with E-state index >= 15 is 4.39 Å². The van der Waals surface area contributed by atoms with Crippen molar-refractivity contribution in [2.45, 2.75) is 25.7 Å². The summed E-state index contributed by atoms with van der Waals surface area (Å²) in [6, 6.07) is 6.14. The number of primary amides is 1. The second kappa shape index (κ2) is 11.1. The fourth-order valence-electron chi connectivity index (χ4n) is 3.79. The van der Waals surface area contributed by atoms with Gasteiger partial charge in [0.1, 0.15) is 12.1 Å². The highest BCUT2D eigenvalue weighted by molar-refractivity contribution is 5.75. The predicted octanol–water partition coefficient (Wildman–Crippen LogP) is 1.43. The predicted molar refractivity (Wildman–Crippen MR) is 115 cm³/mol. The van der Waals surface area contributed by atoms with Gasteiger partial charge in [-0.3, -0.25) is 9.69 Å². The number of hydrogen-bond acceptors (Lipinski definition) is 8. The van der Waals surface area contributed by atoms with E-state index in [4.69, 9.17) is 5.73 Å². The summed E-state index contributed by atoms with van der Waals surface area (Å²) in [5.41, 5.74) is 5.83. The van der Waals surface area contributed by atoms with Crippen molar-refractivity contribution in [3.05, 3.63) is 42.0 Å². The Morgan fingerprint density at radius 2 is 2.21 bits per heavy atom. The number of carbonyl (C=O) groups is 1. The first-order chi connectivity index (χ1) is 15.7. The summed E-state index contributed by atoms with van der Waals surface area (Å²) in [6.07, 6.45) is 1.14. The topological polar surface area (TPSA) is 117 Å². The highest BCUT2D eigenvalue weighted by atomic mass is 19.3. The number of anilines is 2. The molecule has 0 radical (unpaired) electrons. The Balaban J connectivity index is 1.61. The number of aromatic nitrogens is 2. The Morgan fingerprint density at radius 3 is 2.91 bits per heavy atom. The number of rotatable bonds is 10. The largest absolute Gasteiger partial charge is 0.435 e. The Hall–Kier alpha value is -3.12. The summed E-state index contributed by atoms with van der Waals surface area (Å²) in [5.74, 6) is -1.23. The molecule has 33 heavy (non-hydrogen) atoms. The van der Waals surface area contributed by atoms with Gasteiger partial charge in [0.15, 0.2) is 11.6 Å². The van der Waals surface area contributed by atoms with Crippen LogP contribution in [-0.2, 0) is 11.3 Å². The lowest BCUT2D eigenvalue weighted by Gasteiger charge is -2.35. The van der Waals surface area contributed by atoms with Crippen LogP contribution in [0.4, 0.5) is 24.8 Å². The third-order valence-corrected chi connectivity index (χ3v) is 5.39. The van der Waals surface area contributed by atoms with Crippen LogP contribution < -0.4 is 20.7 Å². The van der Waals surface area contributed by atoms with Crippen LogP contribution >= 0.6 is 0 Å². The fourth-order valence-corrected chi connectivity index (χ4v) is 3.79. The lowest BCUT2D eigenvalue weighted by molar-refractivity contribution is -0.120. The summed E-state index contributed by atoms with van der Waals surface area (Å²) in [4.78, 5) is 22.3. The molecule has 180 valence electrons. The van der Waals surface area contributed by atoms with Crippen LogP contribution in [0.2, 0.25) is 0 Å². The summed E-state index contributed by atoms with van der Waals surface area (Å²) in [7, 11) is 1.62. The van der Waals surface area contributed by atoms with Gasteiger partial charge in [-0.25, -0.2) is 9.97 Å². The Morgan fingerprint density at radius 1 is 1.42 bits per heavy atom. The van der Waals surface area contributed by atoms with Crippen LogP contribution in [0.25, 0.3) is 0 Å². The number of benzene rings is 1. The van der Waals surface area contributed by atoms with E-state index in [0.717, 1.165) is 0 Å². The number of aliphatic hydroxyl groups excluding tert-OH is 1. The quantitative estimate of drug-likeness (QED) is 0.480. The molecule has 2 atom stereocenters. The minimum atomic E-state index is -2.93. The lowest BCUT2D eigenvalue weighted by atomic mass is 9.94. The average molecular weight is 468 g/mol. The fraction of sp³-hybridized carbons (Fsp3) is 0.476. The summed E-state index contributed by atoms with van der Waals surface area (Å²) in [5, 5.41) is 13.3. The minimum Gasteiger partial charge on any atom is -0.435 e. The number of hydrogen-bond donors (Lipinski definition) is 3. The SMILES string of the molecule is CN(Cc1cccc(OC(F)F)c1)c1ncnc(NC[C@@H]2CCN(CC(N)=O)C[C@H]2O)c1F. The third kappa shape index (κ3) is 6.93. The van der Waals surface area contributed by atoms with Crippen molar-refractivity contribution >= 4 is 17.5 Å². The van der Waals surface area contributed by atoms with Crippen LogP contribution in [0.3, 0.4) is 0 Å². The maximum Gasteiger partial charge on any atom is 0.387 e. The molecule has 12 heteroatoms. The molecule has 2 aromatic rings. The number of aliphatic hydroxyl groups is 1. The molecule has 1 fully saturated rings. The van der Waals surface area contributed by atoms with Gasteiger partial charge in [0.2, 0.25) is 11.7 Å². The van der Waals surface area contributed by atoms with E-state index in [-0.39, 0.29) is 42.9 Å². The highest BCUT2D eigenvalue weighted by Crippen LogP contribution is 2.25. The smallest absolute Gasteiger partial charge is 0.387 e. The van der Waals surface area contributed by atoms with Crippen molar-refractivity contribution < 1.29 is 27.8 Å². The van der Waals surface area contributed by atoms with E-state index in [0.29, 0.717) is 25.1 Å². The zero-order valence-electron chi connectivity index (χ0n) is 18.1. The highest BCUT2D eigenvalue weighted by Gasteiger charge is 2.28. The second-order valence-electron chi connectivity index (χ2n) is 7.94. The molecular formula is C21H27F3N6O3. The zero-order chi connectivity index (χ0) is 24.0. The summed E-state index contributed by atoms with van der Waals surface area (Å²) in [6.45, 7) is -1.45.